The van der Waals surface area contributed by atoms with Crippen LogP contribution in [0.15, 0.2) is 144 Å². The van der Waals surface area contributed by atoms with Gasteiger partial charge in [0.1, 0.15) is 0 Å². The van der Waals surface area contributed by atoms with Crippen LogP contribution in [-0.2, 0) is 31.9 Å². The van der Waals surface area contributed by atoms with Gasteiger partial charge in [-0.2, -0.15) is 0 Å². The number of rotatable bonds is 7. The van der Waals surface area contributed by atoms with E-state index >= 15 is 0 Å². The summed E-state index contributed by atoms with van der Waals surface area (Å²) >= 11 is 0. The molecule has 0 amide bonds. The van der Waals surface area contributed by atoms with Crippen LogP contribution in [-0.4, -0.2) is 32.2 Å². The average molecular weight is 1100 g/mol. The predicted molar refractivity (Wildman–Crippen MR) is 288 cm³/mol. The van der Waals surface area contributed by atoms with Crippen LogP contribution in [0.25, 0.3) is 88.9 Å². The molecule has 0 fully saturated rings. The minimum Gasteiger partial charge on any atom is -0.486 e. The topological polar surface area (TPSA) is 61.7 Å². The molecule has 8 heteroatoms. The summed E-state index contributed by atoms with van der Waals surface area (Å²) in [4.78, 5) is 14.3. The summed E-state index contributed by atoms with van der Waals surface area (Å²) in [6.45, 7) is 18.8. The van der Waals surface area contributed by atoms with Gasteiger partial charge in [0.25, 0.3) is 0 Å². The number of nitrogens with zero attached hydrogens (tertiary/aromatic N) is 5. The molecular formula is C61H59IrN5OSi-2. The van der Waals surface area contributed by atoms with E-state index in [9.17, 15) is 0 Å². The fraction of sp³-hybridized carbons (Fsp3) is 0.230. The van der Waals surface area contributed by atoms with Gasteiger partial charge in [0.2, 0.25) is 5.71 Å². The Kier molecular flexibility index (Phi) is 11.1. The summed E-state index contributed by atoms with van der Waals surface area (Å²) in [6, 6.07) is 51.9. The second-order valence-electron chi connectivity index (χ2n) is 20.1. The van der Waals surface area contributed by atoms with Crippen molar-refractivity contribution in [3.05, 3.63) is 180 Å². The zero-order valence-electron chi connectivity index (χ0n) is 45.8. The molecular weight excluding hydrogens is 1040 g/mol. The largest absolute Gasteiger partial charge is 0.486 e. The normalized spacial score (nSPS) is 13.5. The number of aryl methyl sites for hydroxylation is 3. The van der Waals surface area contributed by atoms with Gasteiger partial charge in [-0.3, -0.25) is 4.98 Å². The minimum absolute atomic E-state index is 0. The molecule has 6 nitrogen and oxygen atoms in total. The molecule has 0 unspecified atom stereocenters. The van der Waals surface area contributed by atoms with Crippen LogP contribution >= 0.6 is 0 Å². The van der Waals surface area contributed by atoms with Gasteiger partial charge in [0.05, 0.1) is 41.5 Å². The monoisotopic (exact) mass is 1100 g/mol. The summed E-state index contributed by atoms with van der Waals surface area (Å²) in [5, 5.41) is 5.17. The average Bonchev–Trinajstić information content (AvgIpc) is 4.03. The number of hydrogen-bond donors (Lipinski definition) is 0. The van der Waals surface area contributed by atoms with E-state index in [1.807, 2.05) is 50.2 Å². The first-order valence-corrected chi connectivity index (χ1v) is 26.9. The summed E-state index contributed by atoms with van der Waals surface area (Å²) < 4.78 is 52.3. The molecule has 1 radical (unpaired) electrons. The van der Waals surface area contributed by atoms with Crippen molar-refractivity contribution in [3.63, 3.8) is 0 Å². The van der Waals surface area contributed by atoms with Gasteiger partial charge in [-0.15, -0.1) is 54.1 Å². The van der Waals surface area contributed by atoms with Crippen molar-refractivity contribution in [2.75, 3.05) is 0 Å². The maximum absolute atomic E-state index is 8.63. The molecule has 0 N–H and O–H groups in total. The molecule has 0 atom stereocenters. The van der Waals surface area contributed by atoms with E-state index in [1.54, 1.807) is 24.4 Å². The van der Waals surface area contributed by atoms with Gasteiger partial charge in [-0.05, 0) is 115 Å². The fourth-order valence-electron chi connectivity index (χ4n) is 9.59. The fourth-order valence-corrected chi connectivity index (χ4v) is 10.9. The van der Waals surface area contributed by atoms with Crippen LogP contribution in [0.4, 0.5) is 0 Å². The Morgan fingerprint density at radius 3 is 2.25 bits per heavy atom. The maximum atomic E-state index is 8.63. The van der Waals surface area contributed by atoms with Gasteiger partial charge >= 0.3 is 0 Å². The van der Waals surface area contributed by atoms with E-state index < -0.39 is 21.3 Å². The molecule has 0 saturated carbocycles. The Morgan fingerprint density at radius 1 is 0.754 bits per heavy atom. The number of para-hydroxylation sites is 3. The van der Waals surface area contributed by atoms with Crippen LogP contribution in [0.2, 0.25) is 19.6 Å². The van der Waals surface area contributed by atoms with Gasteiger partial charge in [-0.1, -0.05) is 119 Å². The van der Waals surface area contributed by atoms with Gasteiger partial charge in [0.15, 0.2) is 0 Å². The molecule has 5 aromatic heterocycles. The molecule has 0 aliphatic rings. The zero-order chi connectivity index (χ0) is 51.9. The van der Waals surface area contributed by atoms with Crippen molar-refractivity contribution in [2.45, 2.75) is 86.7 Å². The number of fused-ring (bicyclic) bond motifs is 7. The number of benzene rings is 6. The third-order valence-electron chi connectivity index (χ3n) is 12.8. The van der Waals surface area contributed by atoms with Gasteiger partial charge in [0, 0.05) is 66.4 Å². The Morgan fingerprint density at radius 2 is 1.52 bits per heavy atom. The summed E-state index contributed by atoms with van der Waals surface area (Å²) in [7, 11) is -2.06. The van der Waals surface area contributed by atoms with Gasteiger partial charge in [-0.25, -0.2) is 4.98 Å². The molecule has 0 aliphatic carbocycles. The molecule has 0 spiro atoms. The van der Waals surface area contributed by atoms with E-state index in [1.165, 1.54) is 38.5 Å². The van der Waals surface area contributed by atoms with Crippen molar-refractivity contribution in [2.24, 2.45) is 5.92 Å². The summed E-state index contributed by atoms with van der Waals surface area (Å²) in [5.41, 5.74) is 14.0. The van der Waals surface area contributed by atoms with Gasteiger partial charge < -0.3 is 18.5 Å². The third-order valence-corrected chi connectivity index (χ3v) is 14.8. The molecule has 349 valence electrons. The Balaban J connectivity index is 0.000000213. The van der Waals surface area contributed by atoms with Crippen molar-refractivity contribution < 1.29 is 31.4 Å². The smallest absolute Gasteiger partial charge is 0.216 e. The minimum atomic E-state index is -2.35. The Labute approximate surface area is 427 Å². The molecule has 0 aliphatic heterocycles. The van der Waals surface area contributed by atoms with Crippen LogP contribution in [0.3, 0.4) is 0 Å². The zero-order valence-corrected chi connectivity index (χ0v) is 44.2. The maximum Gasteiger partial charge on any atom is 0.216 e. The number of imidazole rings is 1. The number of aromatic nitrogens is 5. The third kappa shape index (κ3) is 8.68. The van der Waals surface area contributed by atoms with Crippen molar-refractivity contribution in [1.82, 2.24) is 24.1 Å². The van der Waals surface area contributed by atoms with Crippen LogP contribution in [0, 0.1) is 38.8 Å². The van der Waals surface area contributed by atoms with E-state index in [-0.39, 0.29) is 37.1 Å². The van der Waals surface area contributed by atoms with Crippen molar-refractivity contribution in [1.29, 1.82) is 0 Å². The molecule has 11 rings (SSSR count). The van der Waals surface area contributed by atoms with Crippen LogP contribution < -0.4 is 5.19 Å². The van der Waals surface area contributed by atoms with Crippen molar-refractivity contribution in [3.8, 4) is 34.0 Å². The molecule has 0 bridgehead atoms. The standard InChI is InChI=1S/C42H33N4O.C19H26NSi.Ir/c1-25-23-33-29-21-20-27(42(3,4)5)24-36(29)45(28-13-7-6-8-14-28)38(33)26(2)37(25)46-35-19-10-9-18-34(35)44-40(46)32-16-11-15-30-31-17-12-22-43-41(31)47-39(30)32;1-14(2)12-17-13-18(21(4,5)6)15(3)20-19(17)16-10-8-7-9-11-16;/h6-15,17-24H,1-5H3;7-10,13-14H,12H2,1-6H3;/q2*-1;/i;3D3,12D2;. The summed E-state index contributed by atoms with van der Waals surface area (Å²) in [5.74, 6) is 0.513. The number of hydrogen-bond acceptors (Lipinski definition) is 4. The predicted octanol–water partition coefficient (Wildman–Crippen LogP) is 15.4. The van der Waals surface area contributed by atoms with E-state index in [0.717, 1.165) is 50.2 Å². The quantitative estimate of drug-likeness (QED) is 0.118. The second kappa shape index (κ2) is 18.5. The Hall–Kier alpha value is -6.44. The first kappa shape index (κ1) is 41.5. The SMILES string of the molecule is Cc1cc2c3ccc(C(C)(C)C)cc3n(-c3ccccc3)c2c(C)c1-n1c(-c2[c-]ccc3c2oc2ncccc23)nc2ccccc21.[2H]C([2H])([2H])c1nc(-c2[c-]cccc2)c(C([2H])([2H])C(C)C)cc1[Si](C)(C)C.[Ir]. The molecule has 69 heavy (non-hydrogen) atoms. The van der Waals surface area contributed by atoms with E-state index in [0.29, 0.717) is 27.7 Å². The number of furan rings is 1. The van der Waals surface area contributed by atoms with E-state index in [2.05, 4.69) is 164 Å². The molecule has 11 aromatic rings. The first-order valence-electron chi connectivity index (χ1n) is 25.9. The van der Waals surface area contributed by atoms with Crippen LogP contribution in [0.5, 0.6) is 0 Å². The Bertz CT molecular complexity index is 3900. The molecule has 0 saturated heterocycles. The van der Waals surface area contributed by atoms with E-state index in [4.69, 9.17) is 16.3 Å². The first-order chi connectivity index (χ1) is 34.6. The number of pyridine rings is 2. The molecule has 5 heterocycles. The second-order valence-corrected chi connectivity index (χ2v) is 25.2. The summed E-state index contributed by atoms with van der Waals surface area (Å²) in [6.07, 6.45) is 0.134. The van der Waals surface area contributed by atoms with Crippen LogP contribution in [0.1, 0.15) is 69.4 Å². The molecule has 6 aromatic carbocycles. The van der Waals surface area contributed by atoms with Crippen molar-refractivity contribution >= 4 is 68.2 Å².